The van der Waals surface area contributed by atoms with E-state index in [-0.39, 0.29) is 18.0 Å². The molecule has 0 aliphatic carbocycles. The van der Waals surface area contributed by atoms with Crippen LogP contribution in [0, 0.1) is 12.4 Å². The molecular formula is C18H13F7N2O. The maximum atomic E-state index is 13.1. The molecule has 0 fully saturated rings. The molecule has 0 saturated carbocycles. The summed E-state index contributed by atoms with van der Waals surface area (Å²) in [6, 6.07) is 7.25. The summed E-state index contributed by atoms with van der Waals surface area (Å²) in [6.07, 6.45) is -9.58. The molecule has 150 valence electrons. The maximum absolute atomic E-state index is 13.1. The molecule has 0 bridgehead atoms. The summed E-state index contributed by atoms with van der Waals surface area (Å²) in [6.45, 7) is 4.53. The smallest absolute Gasteiger partial charge is 0.407 e. The fourth-order valence-corrected chi connectivity index (χ4v) is 2.39. The highest BCUT2D eigenvalue weighted by molar-refractivity contribution is 5.62. The Bertz CT molecular complexity index is 856. The largest absolute Gasteiger partial charge is 0.492 e. The number of nitrogens with zero attached hydrogens (tertiary/aromatic N) is 2. The second-order valence-corrected chi connectivity index (χ2v) is 5.65. The second-order valence-electron chi connectivity index (χ2n) is 5.65. The predicted molar refractivity (Wildman–Crippen MR) is 87.9 cm³/mol. The number of benzene rings is 2. The van der Waals surface area contributed by atoms with Gasteiger partial charge in [0.1, 0.15) is 24.7 Å². The lowest BCUT2D eigenvalue weighted by molar-refractivity contribution is -0.136. The predicted octanol–water partition coefficient (Wildman–Crippen LogP) is 5.84. The van der Waals surface area contributed by atoms with Crippen LogP contribution in [0.4, 0.5) is 42.1 Å². The Morgan fingerprint density at radius 1 is 1.00 bits per heavy atom. The van der Waals surface area contributed by atoms with Crippen molar-refractivity contribution in [2.24, 2.45) is 0 Å². The molecule has 0 aliphatic rings. The van der Waals surface area contributed by atoms with Gasteiger partial charge in [-0.25, -0.2) is 9.24 Å². The van der Waals surface area contributed by atoms with Crippen LogP contribution < -0.4 is 9.64 Å². The molecule has 28 heavy (non-hydrogen) atoms. The highest BCUT2D eigenvalue weighted by atomic mass is 19.4. The first-order valence-electron chi connectivity index (χ1n) is 7.78. The van der Waals surface area contributed by atoms with Crippen molar-refractivity contribution >= 4 is 11.4 Å². The van der Waals surface area contributed by atoms with Gasteiger partial charge in [-0.3, -0.25) is 0 Å². The first-order chi connectivity index (χ1) is 13.0. The first-order valence-corrected chi connectivity index (χ1v) is 7.78. The van der Waals surface area contributed by atoms with Gasteiger partial charge in [-0.15, -0.1) is 0 Å². The number of hydrogen-bond donors (Lipinski definition) is 0. The zero-order valence-electron chi connectivity index (χ0n) is 14.1. The maximum Gasteiger partial charge on any atom is 0.407 e. The lowest BCUT2D eigenvalue weighted by Gasteiger charge is -2.27. The zero-order chi connectivity index (χ0) is 20.9. The number of anilines is 1. The number of rotatable bonds is 6. The second kappa shape index (κ2) is 8.37. The lowest BCUT2D eigenvalue weighted by Crippen LogP contribution is -2.37. The van der Waals surface area contributed by atoms with Gasteiger partial charge < -0.3 is 9.64 Å². The molecule has 0 aromatic heterocycles. The molecule has 0 N–H and O–H groups in total. The van der Waals surface area contributed by atoms with E-state index in [0.29, 0.717) is 11.0 Å². The SMILES string of the molecule is [C-]#[N+]c1ccc(N(CCOc2cccc(F)c2)CC(F)(F)F)cc1C(F)(F)F. The third-order valence-electron chi connectivity index (χ3n) is 3.57. The summed E-state index contributed by atoms with van der Waals surface area (Å²) in [5.41, 5.74) is -2.39. The summed E-state index contributed by atoms with van der Waals surface area (Å²) >= 11 is 0. The van der Waals surface area contributed by atoms with E-state index in [2.05, 4.69) is 4.85 Å². The van der Waals surface area contributed by atoms with Crippen molar-refractivity contribution in [3.63, 3.8) is 0 Å². The van der Waals surface area contributed by atoms with E-state index in [4.69, 9.17) is 11.3 Å². The molecule has 3 nitrogen and oxygen atoms in total. The van der Waals surface area contributed by atoms with E-state index < -0.39 is 42.5 Å². The van der Waals surface area contributed by atoms with Gasteiger partial charge in [0.05, 0.1) is 18.7 Å². The monoisotopic (exact) mass is 406 g/mol. The molecule has 2 aromatic carbocycles. The molecule has 2 rings (SSSR count). The Hall–Kier alpha value is -2.96. The van der Waals surface area contributed by atoms with Crippen LogP contribution in [-0.2, 0) is 6.18 Å². The first kappa shape index (κ1) is 21.3. The van der Waals surface area contributed by atoms with Crippen LogP contribution in [0.25, 0.3) is 4.85 Å². The average molecular weight is 406 g/mol. The van der Waals surface area contributed by atoms with Crippen molar-refractivity contribution in [2.75, 3.05) is 24.6 Å². The molecule has 0 saturated heterocycles. The molecule has 2 aromatic rings. The Balaban J connectivity index is 2.24. The van der Waals surface area contributed by atoms with Crippen LogP contribution in [0.3, 0.4) is 0 Å². The summed E-state index contributed by atoms with van der Waals surface area (Å²) < 4.78 is 96.1. The number of ether oxygens (including phenoxy) is 1. The van der Waals surface area contributed by atoms with E-state index in [1.165, 1.54) is 12.1 Å². The molecule has 0 spiro atoms. The van der Waals surface area contributed by atoms with E-state index in [9.17, 15) is 30.7 Å². The summed E-state index contributed by atoms with van der Waals surface area (Å²) in [7, 11) is 0. The van der Waals surface area contributed by atoms with Crippen LogP contribution in [0.1, 0.15) is 5.56 Å². The number of halogens is 7. The van der Waals surface area contributed by atoms with Gasteiger partial charge in [-0.05, 0) is 24.3 Å². The molecule has 0 radical (unpaired) electrons. The third kappa shape index (κ3) is 6.04. The fraction of sp³-hybridized carbons (Fsp3) is 0.278. The van der Waals surface area contributed by atoms with Crippen molar-refractivity contribution < 1.29 is 35.5 Å². The van der Waals surface area contributed by atoms with Gasteiger partial charge in [0, 0.05) is 11.8 Å². The quantitative estimate of drug-likeness (QED) is 0.443. The Kier molecular flexibility index (Phi) is 6.38. The van der Waals surface area contributed by atoms with E-state index in [1.807, 2.05) is 0 Å². The standard InChI is InChI=1S/C18H13F7N2O/c1-26-16-6-5-13(10-15(16)18(23,24)25)27(11-17(20,21)22)7-8-28-14-4-2-3-12(19)9-14/h2-6,9-10H,7-8,11H2. The lowest BCUT2D eigenvalue weighted by atomic mass is 10.1. The number of alkyl halides is 6. The number of hydrogen-bond acceptors (Lipinski definition) is 2. The van der Waals surface area contributed by atoms with Gasteiger partial charge >= 0.3 is 12.4 Å². The summed E-state index contributed by atoms with van der Waals surface area (Å²) in [4.78, 5) is 3.41. The minimum atomic E-state index is -4.89. The highest BCUT2D eigenvalue weighted by Gasteiger charge is 2.35. The fourth-order valence-electron chi connectivity index (χ4n) is 2.39. The van der Waals surface area contributed by atoms with E-state index >= 15 is 0 Å². The van der Waals surface area contributed by atoms with Crippen molar-refractivity contribution in [3.05, 3.63) is 65.3 Å². The average Bonchev–Trinajstić information content (AvgIpc) is 2.58. The Labute approximate surface area is 155 Å². The van der Waals surface area contributed by atoms with Crippen molar-refractivity contribution in [2.45, 2.75) is 12.4 Å². The van der Waals surface area contributed by atoms with Crippen molar-refractivity contribution in [1.82, 2.24) is 0 Å². The van der Waals surface area contributed by atoms with Crippen molar-refractivity contribution in [3.8, 4) is 5.75 Å². The Morgan fingerprint density at radius 2 is 1.71 bits per heavy atom. The molecule has 0 heterocycles. The molecule has 0 unspecified atom stereocenters. The normalized spacial score (nSPS) is 11.8. The Morgan fingerprint density at radius 3 is 2.29 bits per heavy atom. The molecule has 10 heteroatoms. The van der Waals surface area contributed by atoms with Gasteiger partial charge in [0.2, 0.25) is 0 Å². The van der Waals surface area contributed by atoms with Crippen LogP contribution in [0.15, 0.2) is 42.5 Å². The molecule has 0 atom stereocenters. The van der Waals surface area contributed by atoms with E-state index in [0.717, 1.165) is 24.3 Å². The van der Waals surface area contributed by atoms with Crippen LogP contribution in [0.5, 0.6) is 5.75 Å². The van der Waals surface area contributed by atoms with Gasteiger partial charge in [-0.2, -0.15) is 26.3 Å². The third-order valence-corrected chi connectivity index (χ3v) is 3.57. The van der Waals surface area contributed by atoms with Crippen LogP contribution >= 0.6 is 0 Å². The van der Waals surface area contributed by atoms with Crippen LogP contribution in [0.2, 0.25) is 0 Å². The summed E-state index contributed by atoms with van der Waals surface area (Å²) in [5, 5.41) is 0. The minimum Gasteiger partial charge on any atom is -0.492 e. The van der Waals surface area contributed by atoms with Crippen molar-refractivity contribution in [1.29, 1.82) is 0 Å². The van der Waals surface area contributed by atoms with Gasteiger partial charge in [0.25, 0.3) is 0 Å². The minimum absolute atomic E-state index is 0.0753. The molecular weight excluding hydrogens is 393 g/mol. The zero-order valence-corrected chi connectivity index (χ0v) is 14.1. The summed E-state index contributed by atoms with van der Waals surface area (Å²) in [5.74, 6) is -0.527. The van der Waals surface area contributed by atoms with Gasteiger partial charge in [0.15, 0.2) is 5.69 Å². The highest BCUT2D eigenvalue weighted by Crippen LogP contribution is 2.39. The molecule has 0 amide bonds. The van der Waals surface area contributed by atoms with E-state index in [1.54, 1.807) is 0 Å². The topological polar surface area (TPSA) is 16.8 Å². The molecule has 0 aliphatic heterocycles. The van der Waals surface area contributed by atoms with Crippen LogP contribution in [-0.4, -0.2) is 25.9 Å². The van der Waals surface area contributed by atoms with Gasteiger partial charge in [-0.1, -0.05) is 12.1 Å².